The molecule has 0 amide bonds. The van der Waals surface area contributed by atoms with E-state index in [9.17, 15) is 24.6 Å². The maximum absolute atomic E-state index is 11.2. The van der Waals surface area contributed by atoms with Crippen LogP contribution in [0.5, 0.6) is 5.88 Å². The fourth-order valence-corrected chi connectivity index (χ4v) is 1.07. The lowest BCUT2D eigenvalue weighted by atomic mass is 10.3. The van der Waals surface area contributed by atoms with Gasteiger partial charge in [0, 0.05) is 18.7 Å². The van der Waals surface area contributed by atoms with Crippen LogP contribution in [-0.2, 0) is 4.79 Å². The molecule has 3 N–H and O–H groups in total. The molecule has 0 spiro atoms. The number of aromatic amines is 2. The largest absolute Gasteiger partial charge is 0.550 e. The highest BCUT2D eigenvalue weighted by molar-refractivity contribution is 5.81. The number of hydrogen-bond acceptors (Lipinski definition) is 6. The summed E-state index contributed by atoms with van der Waals surface area (Å²) in [5, 5.41) is 19.3. The van der Waals surface area contributed by atoms with Gasteiger partial charge < -0.3 is 15.0 Å². The van der Waals surface area contributed by atoms with Crippen molar-refractivity contribution >= 4 is 12.2 Å². The average Bonchev–Trinajstić information content (AvgIpc) is 2.20. The van der Waals surface area contributed by atoms with Crippen molar-refractivity contribution < 1.29 is 15.0 Å². The molecule has 92 valence electrons. The van der Waals surface area contributed by atoms with Gasteiger partial charge in [-0.3, -0.25) is 19.8 Å². The van der Waals surface area contributed by atoms with Gasteiger partial charge in [0.05, 0.1) is 0 Å². The number of H-pyrrole nitrogens is 2. The van der Waals surface area contributed by atoms with E-state index < -0.39 is 23.1 Å². The molecule has 0 bridgehead atoms. The molecule has 0 unspecified atom stereocenters. The minimum atomic E-state index is -1.18. The molecule has 1 aromatic heterocycles. The zero-order valence-electron chi connectivity index (χ0n) is 8.73. The Kier molecular flexibility index (Phi) is 4.21. The molecule has 1 rings (SSSR count). The fraction of sp³-hybridized carbons (Fsp3) is 0.333. The van der Waals surface area contributed by atoms with Gasteiger partial charge in [-0.2, -0.15) is 0 Å². The third-order valence-corrected chi connectivity index (χ3v) is 1.85. The number of carboxylic acids is 1. The van der Waals surface area contributed by atoms with E-state index in [-0.39, 0.29) is 24.9 Å². The normalized spacial score (nSPS) is 10.8. The third kappa shape index (κ3) is 3.93. The van der Waals surface area contributed by atoms with Crippen LogP contribution in [0.15, 0.2) is 14.6 Å². The van der Waals surface area contributed by atoms with Gasteiger partial charge in [0.15, 0.2) is 0 Å². The molecular formula is C9H10N3O5-. The summed E-state index contributed by atoms with van der Waals surface area (Å²) < 4.78 is 0. The van der Waals surface area contributed by atoms with E-state index in [2.05, 4.69) is 4.99 Å². The molecule has 1 aromatic rings. The van der Waals surface area contributed by atoms with Crippen molar-refractivity contribution in [3.05, 3.63) is 26.4 Å². The Hall–Kier alpha value is -2.38. The number of carboxylic acid groups (broad SMARTS) is 1. The minimum Gasteiger partial charge on any atom is -0.550 e. The van der Waals surface area contributed by atoms with Crippen LogP contribution in [0.1, 0.15) is 18.4 Å². The summed E-state index contributed by atoms with van der Waals surface area (Å²) in [4.78, 5) is 39.7. The van der Waals surface area contributed by atoms with E-state index in [1.165, 1.54) is 0 Å². The van der Waals surface area contributed by atoms with Crippen molar-refractivity contribution in [2.45, 2.75) is 12.8 Å². The van der Waals surface area contributed by atoms with Crippen LogP contribution in [0.3, 0.4) is 0 Å². The molecule has 0 fully saturated rings. The van der Waals surface area contributed by atoms with E-state index in [1.807, 2.05) is 9.97 Å². The number of carbonyl (C=O) groups is 1. The van der Waals surface area contributed by atoms with E-state index in [4.69, 9.17) is 0 Å². The highest BCUT2D eigenvalue weighted by atomic mass is 16.4. The van der Waals surface area contributed by atoms with Crippen molar-refractivity contribution in [1.29, 1.82) is 0 Å². The molecule has 0 aliphatic rings. The van der Waals surface area contributed by atoms with Gasteiger partial charge in [0.2, 0.25) is 5.88 Å². The van der Waals surface area contributed by atoms with Crippen molar-refractivity contribution in [2.24, 2.45) is 4.99 Å². The molecule has 0 aliphatic carbocycles. The molecule has 8 nitrogen and oxygen atoms in total. The number of carbonyl (C=O) groups excluding carboxylic acids is 1. The second kappa shape index (κ2) is 5.64. The number of aromatic hydroxyl groups is 1. The Bertz CT molecular complexity index is 542. The van der Waals surface area contributed by atoms with Gasteiger partial charge in [0.1, 0.15) is 5.56 Å². The summed E-state index contributed by atoms with van der Waals surface area (Å²) in [5.74, 6) is -1.76. The summed E-state index contributed by atoms with van der Waals surface area (Å²) >= 11 is 0. The molecule has 8 heteroatoms. The Morgan fingerprint density at radius 2 is 2.12 bits per heavy atom. The third-order valence-electron chi connectivity index (χ3n) is 1.85. The Morgan fingerprint density at radius 3 is 2.71 bits per heavy atom. The van der Waals surface area contributed by atoms with Crippen LogP contribution in [0.25, 0.3) is 0 Å². The maximum Gasteiger partial charge on any atom is 0.328 e. The molecule has 0 aromatic carbocycles. The summed E-state index contributed by atoms with van der Waals surface area (Å²) in [5.41, 5.74) is -1.77. The predicted molar refractivity (Wildman–Crippen MR) is 56.1 cm³/mol. The van der Waals surface area contributed by atoms with Gasteiger partial charge >= 0.3 is 5.69 Å². The monoisotopic (exact) mass is 240 g/mol. The van der Waals surface area contributed by atoms with Crippen molar-refractivity contribution in [1.82, 2.24) is 9.97 Å². The first-order chi connectivity index (χ1) is 8.00. The molecule has 0 radical (unpaired) electrons. The lowest BCUT2D eigenvalue weighted by molar-refractivity contribution is -0.305. The molecule has 1 heterocycles. The van der Waals surface area contributed by atoms with E-state index in [0.29, 0.717) is 0 Å². The molecule has 0 atom stereocenters. The second-order valence-corrected chi connectivity index (χ2v) is 3.18. The second-order valence-electron chi connectivity index (χ2n) is 3.18. The zero-order valence-corrected chi connectivity index (χ0v) is 8.73. The Balaban J connectivity index is 2.69. The minimum absolute atomic E-state index is 0.134. The van der Waals surface area contributed by atoms with E-state index in [0.717, 1.165) is 6.21 Å². The highest BCUT2D eigenvalue weighted by Crippen LogP contribution is 2.01. The fourth-order valence-electron chi connectivity index (χ4n) is 1.07. The molecule has 17 heavy (non-hydrogen) atoms. The number of rotatable bonds is 5. The summed E-state index contributed by atoms with van der Waals surface area (Å²) in [6, 6.07) is 0. The van der Waals surface area contributed by atoms with Crippen LogP contribution in [0.2, 0.25) is 0 Å². The number of nitrogens with zero attached hydrogens (tertiary/aromatic N) is 1. The van der Waals surface area contributed by atoms with E-state index in [1.54, 1.807) is 0 Å². The SMILES string of the molecule is O=C([O-])CCCN=Cc1c(O)[nH]c(=O)[nH]c1=O. The van der Waals surface area contributed by atoms with Crippen LogP contribution < -0.4 is 16.4 Å². The first kappa shape index (κ1) is 12.7. The lowest BCUT2D eigenvalue weighted by Crippen LogP contribution is -2.25. The quantitative estimate of drug-likeness (QED) is 0.393. The topological polar surface area (TPSA) is 138 Å². The number of nitrogens with one attached hydrogen (secondary N) is 2. The average molecular weight is 240 g/mol. The van der Waals surface area contributed by atoms with Crippen LogP contribution >= 0.6 is 0 Å². The molecule has 0 aliphatic heterocycles. The smallest absolute Gasteiger partial charge is 0.328 e. The van der Waals surface area contributed by atoms with Crippen molar-refractivity contribution in [2.75, 3.05) is 6.54 Å². The molecule has 0 saturated carbocycles. The number of aliphatic imine (C=N–C) groups is 1. The Morgan fingerprint density at radius 1 is 1.41 bits per heavy atom. The summed E-state index contributed by atoms with van der Waals surface area (Å²) in [6.07, 6.45) is 1.20. The van der Waals surface area contributed by atoms with Gasteiger partial charge in [-0.25, -0.2) is 4.79 Å². The van der Waals surface area contributed by atoms with Crippen molar-refractivity contribution in [3.63, 3.8) is 0 Å². The molecule has 0 saturated heterocycles. The summed E-state index contributed by atoms with van der Waals surface area (Å²) in [7, 11) is 0. The maximum atomic E-state index is 11.2. The number of aliphatic carboxylic acids is 1. The lowest BCUT2D eigenvalue weighted by Gasteiger charge is -1.98. The van der Waals surface area contributed by atoms with Crippen molar-refractivity contribution in [3.8, 4) is 5.88 Å². The van der Waals surface area contributed by atoms with Crippen LogP contribution in [0, 0.1) is 0 Å². The van der Waals surface area contributed by atoms with Gasteiger partial charge in [-0.15, -0.1) is 0 Å². The van der Waals surface area contributed by atoms with Gasteiger partial charge in [-0.05, 0) is 12.8 Å². The summed E-state index contributed by atoms with van der Waals surface area (Å²) in [6.45, 7) is 0.173. The number of aromatic nitrogens is 2. The first-order valence-electron chi connectivity index (χ1n) is 4.76. The molecular weight excluding hydrogens is 230 g/mol. The predicted octanol–water partition coefficient (Wildman–Crippen LogP) is -2.28. The van der Waals surface area contributed by atoms with Crippen LogP contribution in [0.4, 0.5) is 0 Å². The highest BCUT2D eigenvalue weighted by Gasteiger charge is 2.04. The van der Waals surface area contributed by atoms with Gasteiger partial charge in [-0.1, -0.05) is 0 Å². The zero-order chi connectivity index (χ0) is 12.8. The first-order valence-corrected chi connectivity index (χ1v) is 4.76. The number of hydrogen-bond donors (Lipinski definition) is 3. The van der Waals surface area contributed by atoms with Crippen LogP contribution in [-0.4, -0.2) is 33.8 Å². The van der Waals surface area contributed by atoms with E-state index >= 15 is 0 Å². The standard InChI is InChI=1S/C9H11N3O5/c13-6(14)2-1-3-10-4-5-7(15)11-9(17)12-8(5)16/h4H,1-3H2,(H,13,14)(H3,11,12,15,16,17)/p-1. The Labute approximate surface area is 94.7 Å². The van der Waals surface area contributed by atoms with Gasteiger partial charge in [0.25, 0.3) is 5.56 Å².